The van der Waals surface area contributed by atoms with E-state index in [0.717, 1.165) is 5.56 Å². The molecular weight excluding hydrogens is 330 g/mol. The number of rotatable bonds is 3. The Morgan fingerprint density at radius 1 is 1.42 bits per heavy atom. The Hall–Kier alpha value is -2.14. The fourth-order valence-corrected chi connectivity index (χ4v) is 3.53. The van der Waals surface area contributed by atoms with Gasteiger partial charge in [0.25, 0.3) is 0 Å². The maximum absolute atomic E-state index is 12.5. The topological polar surface area (TPSA) is 76.5 Å². The number of halogens is 1. The van der Waals surface area contributed by atoms with E-state index in [4.69, 9.17) is 26.5 Å². The standard InChI is InChI=1S/C18H18ClNO4/c1-2-23-18(22)16-14(10-5-3-6-11(19)9-10)15-12(21)7-4-8-13(15)24-17(16)20/h3,5-6,9,14,16,20H,2,4,7-8H2,1H3. The number of ketones is 1. The van der Waals surface area contributed by atoms with Gasteiger partial charge in [-0.15, -0.1) is 0 Å². The molecule has 126 valence electrons. The highest BCUT2D eigenvalue weighted by Gasteiger charge is 2.46. The Morgan fingerprint density at radius 3 is 2.92 bits per heavy atom. The lowest BCUT2D eigenvalue weighted by Crippen LogP contribution is -2.40. The van der Waals surface area contributed by atoms with Crippen LogP contribution in [0.5, 0.6) is 0 Å². The van der Waals surface area contributed by atoms with Gasteiger partial charge in [-0.25, -0.2) is 0 Å². The van der Waals surface area contributed by atoms with Gasteiger partial charge in [-0.1, -0.05) is 23.7 Å². The number of hydrogen-bond donors (Lipinski definition) is 1. The van der Waals surface area contributed by atoms with Crippen molar-refractivity contribution in [2.45, 2.75) is 32.1 Å². The number of carbonyl (C=O) groups excluding carboxylic acids is 2. The van der Waals surface area contributed by atoms with E-state index in [-0.39, 0.29) is 18.3 Å². The van der Waals surface area contributed by atoms with Crippen molar-refractivity contribution in [3.8, 4) is 0 Å². The van der Waals surface area contributed by atoms with Gasteiger partial charge in [0, 0.05) is 29.4 Å². The van der Waals surface area contributed by atoms with E-state index in [1.165, 1.54) is 0 Å². The third-order valence-corrected chi connectivity index (χ3v) is 4.55. The zero-order valence-electron chi connectivity index (χ0n) is 13.3. The van der Waals surface area contributed by atoms with Crippen LogP contribution in [-0.2, 0) is 19.1 Å². The molecule has 1 aromatic carbocycles. The molecule has 2 unspecified atom stereocenters. The van der Waals surface area contributed by atoms with Crippen molar-refractivity contribution < 1.29 is 19.1 Å². The molecular formula is C18H18ClNO4. The highest BCUT2D eigenvalue weighted by molar-refractivity contribution is 6.30. The highest BCUT2D eigenvalue weighted by atomic mass is 35.5. The third kappa shape index (κ3) is 2.96. The summed E-state index contributed by atoms with van der Waals surface area (Å²) in [6.45, 7) is 1.90. The molecule has 0 bridgehead atoms. The lowest BCUT2D eigenvalue weighted by molar-refractivity contribution is -0.146. The molecule has 24 heavy (non-hydrogen) atoms. The van der Waals surface area contributed by atoms with Crippen LogP contribution >= 0.6 is 11.6 Å². The molecule has 0 radical (unpaired) electrons. The number of allylic oxidation sites excluding steroid dienone is 2. The minimum Gasteiger partial charge on any atom is -0.465 e. The molecule has 0 fully saturated rings. The van der Waals surface area contributed by atoms with Crippen LogP contribution in [0.3, 0.4) is 0 Å². The molecule has 2 aliphatic rings. The number of nitrogens with one attached hydrogen (secondary N) is 1. The smallest absolute Gasteiger partial charge is 0.319 e. The van der Waals surface area contributed by atoms with Crippen LogP contribution in [0.25, 0.3) is 0 Å². The Kier molecular flexibility index (Phi) is 4.71. The third-order valence-electron chi connectivity index (χ3n) is 4.32. The number of hydrogen-bond acceptors (Lipinski definition) is 5. The minimum atomic E-state index is -0.968. The Labute approximate surface area is 145 Å². The SMILES string of the molecule is CCOC(=O)C1C(=N)OC2=C(C(=O)CCC2)C1c1cccc(Cl)c1. The minimum absolute atomic E-state index is 0.0389. The summed E-state index contributed by atoms with van der Waals surface area (Å²) in [5, 5.41) is 8.69. The lowest BCUT2D eigenvalue weighted by atomic mass is 9.74. The van der Waals surface area contributed by atoms with Crippen molar-refractivity contribution in [3.05, 3.63) is 46.2 Å². The van der Waals surface area contributed by atoms with Crippen LogP contribution in [0.15, 0.2) is 35.6 Å². The number of esters is 1. The molecule has 2 atom stereocenters. The average Bonchev–Trinajstić information content (AvgIpc) is 2.54. The second-order valence-corrected chi connectivity index (χ2v) is 6.28. The first kappa shape index (κ1) is 16.7. The van der Waals surface area contributed by atoms with Crippen LogP contribution in [-0.4, -0.2) is 24.3 Å². The predicted molar refractivity (Wildman–Crippen MR) is 89.0 cm³/mol. The van der Waals surface area contributed by atoms with Crippen molar-refractivity contribution in [1.82, 2.24) is 0 Å². The molecule has 0 aromatic heterocycles. The first-order valence-electron chi connectivity index (χ1n) is 7.97. The van der Waals surface area contributed by atoms with Gasteiger partial charge in [0.2, 0.25) is 5.90 Å². The van der Waals surface area contributed by atoms with Crippen molar-refractivity contribution in [3.63, 3.8) is 0 Å². The summed E-state index contributed by atoms with van der Waals surface area (Å²) in [6, 6.07) is 7.04. The normalized spacial score (nSPS) is 23.6. The Bertz CT molecular complexity index is 740. The number of carbonyl (C=O) groups is 2. The average molecular weight is 348 g/mol. The number of benzene rings is 1. The van der Waals surface area contributed by atoms with Gasteiger partial charge in [0.15, 0.2) is 5.78 Å². The summed E-state index contributed by atoms with van der Waals surface area (Å²) in [7, 11) is 0. The first-order chi connectivity index (χ1) is 11.5. The van der Waals surface area contributed by atoms with Crippen LogP contribution in [0, 0.1) is 11.3 Å². The second-order valence-electron chi connectivity index (χ2n) is 5.84. The van der Waals surface area contributed by atoms with Crippen LogP contribution in [0.4, 0.5) is 0 Å². The molecule has 1 aliphatic heterocycles. The quantitative estimate of drug-likeness (QED) is 0.847. The fraction of sp³-hybridized carbons (Fsp3) is 0.389. The van der Waals surface area contributed by atoms with Gasteiger partial charge >= 0.3 is 5.97 Å². The van der Waals surface area contributed by atoms with Gasteiger partial charge in [-0.3, -0.25) is 15.0 Å². The monoisotopic (exact) mass is 347 g/mol. The Morgan fingerprint density at radius 2 is 2.21 bits per heavy atom. The molecule has 1 aromatic rings. The summed E-state index contributed by atoms with van der Waals surface area (Å²) < 4.78 is 10.7. The van der Waals surface area contributed by atoms with E-state index in [9.17, 15) is 9.59 Å². The van der Waals surface area contributed by atoms with Crippen molar-refractivity contribution in [2.75, 3.05) is 6.61 Å². The predicted octanol–water partition coefficient (Wildman–Crippen LogP) is 3.62. The summed E-state index contributed by atoms with van der Waals surface area (Å²) in [4.78, 5) is 25.0. The molecule has 0 spiro atoms. The van der Waals surface area contributed by atoms with E-state index in [0.29, 0.717) is 35.6 Å². The van der Waals surface area contributed by atoms with Gasteiger partial charge in [0.05, 0.1) is 6.61 Å². The van der Waals surface area contributed by atoms with E-state index in [1.807, 2.05) is 6.07 Å². The number of ether oxygens (including phenoxy) is 2. The van der Waals surface area contributed by atoms with Gasteiger partial charge in [0.1, 0.15) is 11.7 Å². The maximum atomic E-state index is 12.5. The molecule has 1 heterocycles. The molecule has 0 amide bonds. The van der Waals surface area contributed by atoms with Crippen molar-refractivity contribution in [2.24, 2.45) is 5.92 Å². The molecule has 1 aliphatic carbocycles. The van der Waals surface area contributed by atoms with E-state index in [1.54, 1.807) is 25.1 Å². The Balaban J connectivity index is 2.15. The molecule has 0 saturated heterocycles. The van der Waals surface area contributed by atoms with Crippen LogP contribution < -0.4 is 0 Å². The molecule has 5 nitrogen and oxygen atoms in total. The summed E-state index contributed by atoms with van der Waals surface area (Å²) in [6.07, 6.45) is 1.70. The largest absolute Gasteiger partial charge is 0.465 e. The molecule has 0 saturated carbocycles. The van der Waals surface area contributed by atoms with Crippen LogP contribution in [0.2, 0.25) is 5.02 Å². The zero-order valence-corrected chi connectivity index (χ0v) is 14.1. The van der Waals surface area contributed by atoms with Gasteiger partial charge in [-0.2, -0.15) is 0 Å². The second kappa shape index (κ2) is 6.77. The van der Waals surface area contributed by atoms with E-state index < -0.39 is 17.8 Å². The lowest BCUT2D eigenvalue weighted by Gasteiger charge is -2.35. The molecule has 6 heteroatoms. The van der Waals surface area contributed by atoms with E-state index >= 15 is 0 Å². The van der Waals surface area contributed by atoms with Crippen molar-refractivity contribution in [1.29, 1.82) is 5.41 Å². The first-order valence-corrected chi connectivity index (χ1v) is 8.35. The number of Topliss-reactive ketones (excluding diaryl/α,β-unsaturated/α-hetero) is 1. The maximum Gasteiger partial charge on any atom is 0.319 e. The summed E-state index contributed by atoms with van der Waals surface area (Å²) in [5.41, 5.74) is 1.20. The molecule has 1 N–H and O–H groups in total. The fourth-order valence-electron chi connectivity index (χ4n) is 3.34. The highest BCUT2D eigenvalue weighted by Crippen LogP contribution is 2.44. The van der Waals surface area contributed by atoms with Gasteiger partial charge < -0.3 is 9.47 Å². The van der Waals surface area contributed by atoms with E-state index in [2.05, 4.69) is 0 Å². The van der Waals surface area contributed by atoms with Crippen LogP contribution in [0.1, 0.15) is 37.7 Å². The van der Waals surface area contributed by atoms with Gasteiger partial charge in [-0.05, 0) is 31.0 Å². The summed E-state index contributed by atoms with van der Waals surface area (Å²) in [5.74, 6) is -1.83. The summed E-state index contributed by atoms with van der Waals surface area (Å²) >= 11 is 6.10. The van der Waals surface area contributed by atoms with Crippen molar-refractivity contribution >= 4 is 29.3 Å². The molecule has 3 rings (SSSR count). The zero-order chi connectivity index (χ0) is 17.3.